The fourth-order valence-electron chi connectivity index (χ4n) is 3.96. The van der Waals surface area contributed by atoms with Gasteiger partial charge in [-0.05, 0) is 61.3 Å². The maximum absolute atomic E-state index is 12.6. The monoisotopic (exact) mass is 397 g/mol. The summed E-state index contributed by atoms with van der Waals surface area (Å²) in [5.74, 6) is 1.14. The number of nitrogens with zero attached hydrogens (tertiary/aromatic N) is 3. The van der Waals surface area contributed by atoms with E-state index in [1.807, 2.05) is 37.4 Å². The standard InChI is InChI=1S/C24H23N5O/c1-15-3-4-18(12-26-15)21-11-17-9-10-25-24(30)22(17)23(28-21)27-20-7-5-16(6-8-20)19-13-29(2)14-19/h3-12,19H,13-14H2,1-2H3,(H,25,30)(H,27,28). The van der Waals surface area contributed by atoms with Crippen molar-refractivity contribution in [2.24, 2.45) is 0 Å². The lowest BCUT2D eigenvalue weighted by atomic mass is 9.92. The van der Waals surface area contributed by atoms with E-state index >= 15 is 0 Å². The molecule has 3 aromatic heterocycles. The summed E-state index contributed by atoms with van der Waals surface area (Å²) >= 11 is 0. The molecule has 4 aromatic rings. The molecule has 0 amide bonds. The van der Waals surface area contributed by atoms with Crippen LogP contribution in [0, 0.1) is 6.92 Å². The number of fused-ring (bicyclic) bond motifs is 1. The Kier molecular flexibility index (Phi) is 4.56. The Labute approximate surface area is 174 Å². The van der Waals surface area contributed by atoms with Crippen molar-refractivity contribution in [2.75, 3.05) is 25.5 Å². The summed E-state index contributed by atoms with van der Waals surface area (Å²) in [6.45, 7) is 4.15. The second kappa shape index (κ2) is 7.39. The van der Waals surface area contributed by atoms with E-state index < -0.39 is 0 Å². The van der Waals surface area contributed by atoms with E-state index in [0.29, 0.717) is 17.1 Å². The first-order chi connectivity index (χ1) is 14.6. The number of likely N-dealkylation sites (N-methyl/N-ethyl adjacent to an activating group) is 1. The first kappa shape index (κ1) is 18.5. The SMILES string of the molecule is Cc1ccc(-c2cc3cc[nH]c(=O)c3c(Nc3ccc(C4CN(C)C4)cc3)n2)cn1. The fraction of sp³-hybridized carbons (Fsp3) is 0.208. The molecule has 0 spiro atoms. The number of aromatic amines is 1. The van der Waals surface area contributed by atoms with Crippen molar-refractivity contribution in [2.45, 2.75) is 12.8 Å². The predicted octanol–water partition coefficient (Wildman–Crippen LogP) is 4.07. The topological polar surface area (TPSA) is 73.9 Å². The van der Waals surface area contributed by atoms with Crippen LogP contribution >= 0.6 is 0 Å². The lowest BCUT2D eigenvalue weighted by Gasteiger charge is -2.36. The zero-order chi connectivity index (χ0) is 20.7. The number of aryl methyl sites for hydroxylation is 1. The van der Waals surface area contributed by atoms with Crippen molar-refractivity contribution < 1.29 is 0 Å². The molecule has 0 radical (unpaired) electrons. The molecule has 30 heavy (non-hydrogen) atoms. The quantitative estimate of drug-likeness (QED) is 0.543. The number of benzene rings is 1. The number of anilines is 2. The van der Waals surface area contributed by atoms with Crippen molar-refractivity contribution in [1.29, 1.82) is 0 Å². The van der Waals surface area contributed by atoms with Gasteiger partial charge < -0.3 is 15.2 Å². The van der Waals surface area contributed by atoms with Crippen LogP contribution in [0.1, 0.15) is 17.2 Å². The van der Waals surface area contributed by atoms with Crippen molar-refractivity contribution in [3.05, 3.63) is 82.5 Å². The molecule has 1 aromatic carbocycles. The van der Waals surface area contributed by atoms with Gasteiger partial charge in [-0.15, -0.1) is 0 Å². The first-order valence-electron chi connectivity index (χ1n) is 10.1. The molecule has 0 atom stereocenters. The Balaban J connectivity index is 1.53. The Hall–Kier alpha value is -3.51. The summed E-state index contributed by atoms with van der Waals surface area (Å²) in [5, 5.41) is 4.74. The lowest BCUT2D eigenvalue weighted by Crippen LogP contribution is -2.41. The average molecular weight is 397 g/mol. The lowest BCUT2D eigenvalue weighted by molar-refractivity contribution is 0.190. The van der Waals surface area contributed by atoms with Crippen LogP contribution in [0.25, 0.3) is 22.0 Å². The minimum atomic E-state index is -0.162. The Morgan fingerprint density at radius 1 is 1.10 bits per heavy atom. The van der Waals surface area contributed by atoms with E-state index in [0.717, 1.165) is 41.1 Å². The highest BCUT2D eigenvalue weighted by molar-refractivity contribution is 5.95. The Bertz CT molecular complexity index is 1260. The number of hydrogen-bond acceptors (Lipinski definition) is 5. The number of H-pyrrole nitrogens is 1. The van der Waals surface area contributed by atoms with Gasteiger partial charge in [0.2, 0.25) is 0 Å². The van der Waals surface area contributed by atoms with Crippen LogP contribution < -0.4 is 10.9 Å². The molecule has 1 aliphatic rings. The number of nitrogens with one attached hydrogen (secondary N) is 2. The van der Waals surface area contributed by atoms with Crippen LogP contribution in [0.15, 0.2) is 65.7 Å². The molecular weight excluding hydrogens is 374 g/mol. The second-order valence-corrected chi connectivity index (χ2v) is 7.98. The summed E-state index contributed by atoms with van der Waals surface area (Å²) in [6.07, 6.45) is 3.47. The molecule has 150 valence electrons. The third kappa shape index (κ3) is 3.46. The number of likely N-dealkylation sites (tertiary alicyclic amines) is 1. The summed E-state index contributed by atoms with van der Waals surface area (Å²) < 4.78 is 0. The van der Waals surface area contributed by atoms with Crippen LogP contribution in [0.5, 0.6) is 0 Å². The predicted molar refractivity (Wildman–Crippen MR) is 120 cm³/mol. The molecule has 1 fully saturated rings. The second-order valence-electron chi connectivity index (χ2n) is 7.98. The summed E-state index contributed by atoms with van der Waals surface area (Å²) in [4.78, 5) is 26.8. The zero-order valence-corrected chi connectivity index (χ0v) is 17.0. The van der Waals surface area contributed by atoms with Crippen LogP contribution in [-0.2, 0) is 0 Å². The number of rotatable bonds is 4. The van der Waals surface area contributed by atoms with Gasteiger partial charge in [0.25, 0.3) is 5.56 Å². The van der Waals surface area contributed by atoms with Crippen LogP contribution in [0.3, 0.4) is 0 Å². The van der Waals surface area contributed by atoms with Crippen molar-refractivity contribution in [1.82, 2.24) is 19.9 Å². The molecule has 6 heteroatoms. The third-order valence-corrected chi connectivity index (χ3v) is 5.67. The first-order valence-corrected chi connectivity index (χ1v) is 10.1. The maximum atomic E-state index is 12.6. The summed E-state index contributed by atoms with van der Waals surface area (Å²) in [7, 11) is 2.14. The minimum absolute atomic E-state index is 0.162. The van der Waals surface area contributed by atoms with E-state index in [4.69, 9.17) is 4.98 Å². The molecule has 6 nitrogen and oxygen atoms in total. The normalized spacial score (nSPS) is 14.6. The van der Waals surface area contributed by atoms with E-state index in [-0.39, 0.29) is 5.56 Å². The van der Waals surface area contributed by atoms with Gasteiger partial charge in [-0.1, -0.05) is 12.1 Å². The fourth-order valence-corrected chi connectivity index (χ4v) is 3.96. The number of pyridine rings is 3. The number of hydrogen-bond donors (Lipinski definition) is 2. The van der Waals surface area contributed by atoms with Crippen LogP contribution in [0.4, 0.5) is 11.5 Å². The average Bonchev–Trinajstić information content (AvgIpc) is 2.72. The third-order valence-electron chi connectivity index (χ3n) is 5.67. The summed E-state index contributed by atoms with van der Waals surface area (Å²) in [5.41, 5.74) is 4.72. The molecule has 0 saturated carbocycles. The molecule has 2 N–H and O–H groups in total. The van der Waals surface area contributed by atoms with Gasteiger partial charge in [0.1, 0.15) is 5.82 Å². The van der Waals surface area contributed by atoms with Crippen molar-refractivity contribution in [3.8, 4) is 11.3 Å². The van der Waals surface area contributed by atoms with Gasteiger partial charge in [-0.25, -0.2) is 4.98 Å². The molecule has 4 heterocycles. The highest BCUT2D eigenvalue weighted by Gasteiger charge is 2.24. The van der Waals surface area contributed by atoms with Gasteiger partial charge in [-0.2, -0.15) is 0 Å². The molecule has 1 aliphatic heterocycles. The zero-order valence-electron chi connectivity index (χ0n) is 17.0. The highest BCUT2D eigenvalue weighted by atomic mass is 16.1. The Morgan fingerprint density at radius 2 is 1.90 bits per heavy atom. The molecular formula is C24H23N5O. The summed E-state index contributed by atoms with van der Waals surface area (Å²) in [6, 6.07) is 16.2. The van der Waals surface area contributed by atoms with Gasteiger partial charge in [0, 0.05) is 48.3 Å². The van der Waals surface area contributed by atoms with Crippen LogP contribution in [0.2, 0.25) is 0 Å². The Morgan fingerprint density at radius 3 is 2.60 bits per heavy atom. The molecule has 5 rings (SSSR count). The van der Waals surface area contributed by atoms with Crippen molar-refractivity contribution >= 4 is 22.3 Å². The molecule has 0 unspecified atom stereocenters. The van der Waals surface area contributed by atoms with Gasteiger partial charge in [-0.3, -0.25) is 9.78 Å². The van der Waals surface area contributed by atoms with E-state index in [1.165, 1.54) is 5.56 Å². The largest absolute Gasteiger partial charge is 0.340 e. The highest BCUT2D eigenvalue weighted by Crippen LogP contribution is 2.30. The minimum Gasteiger partial charge on any atom is -0.340 e. The maximum Gasteiger partial charge on any atom is 0.259 e. The van der Waals surface area contributed by atoms with Gasteiger partial charge in [0.05, 0.1) is 11.1 Å². The van der Waals surface area contributed by atoms with Crippen molar-refractivity contribution in [3.63, 3.8) is 0 Å². The smallest absolute Gasteiger partial charge is 0.259 e. The van der Waals surface area contributed by atoms with E-state index in [2.05, 4.69) is 51.5 Å². The molecule has 1 saturated heterocycles. The van der Waals surface area contributed by atoms with Crippen LogP contribution in [-0.4, -0.2) is 40.0 Å². The number of aromatic nitrogens is 3. The van der Waals surface area contributed by atoms with E-state index in [1.54, 1.807) is 6.20 Å². The van der Waals surface area contributed by atoms with E-state index in [9.17, 15) is 4.79 Å². The van der Waals surface area contributed by atoms with Gasteiger partial charge >= 0.3 is 0 Å². The molecule has 0 aliphatic carbocycles. The molecule has 0 bridgehead atoms. The van der Waals surface area contributed by atoms with Gasteiger partial charge in [0.15, 0.2) is 0 Å².